The molecule has 1 aliphatic rings. The van der Waals surface area contributed by atoms with Gasteiger partial charge in [0.1, 0.15) is 0 Å². The fraction of sp³-hybridized carbons (Fsp3) is 0.533. The van der Waals surface area contributed by atoms with Gasteiger partial charge in [-0.3, -0.25) is 4.79 Å². The molecule has 0 spiro atoms. The first kappa shape index (κ1) is 14.7. The van der Waals surface area contributed by atoms with Gasteiger partial charge in [0.05, 0.1) is 10.6 Å². The Labute approximate surface area is 124 Å². The van der Waals surface area contributed by atoms with Crippen LogP contribution >= 0.6 is 23.2 Å². The van der Waals surface area contributed by atoms with E-state index in [-0.39, 0.29) is 11.9 Å². The predicted molar refractivity (Wildman–Crippen MR) is 80.1 cm³/mol. The summed E-state index contributed by atoms with van der Waals surface area (Å²) >= 11 is 12.0. The van der Waals surface area contributed by atoms with E-state index in [0.717, 1.165) is 37.1 Å². The van der Waals surface area contributed by atoms with E-state index in [0.29, 0.717) is 16.5 Å². The second-order valence-electron chi connectivity index (χ2n) is 5.28. The van der Waals surface area contributed by atoms with Gasteiger partial charge in [0, 0.05) is 11.9 Å². The van der Waals surface area contributed by atoms with E-state index in [1.807, 2.05) is 19.1 Å². The van der Waals surface area contributed by atoms with Crippen LogP contribution in [0.4, 0.5) is 0 Å². The molecule has 1 N–H and O–H groups in total. The molecule has 104 valence electrons. The second-order valence-corrected chi connectivity index (χ2v) is 5.97. The summed E-state index contributed by atoms with van der Waals surface area (Å²) in [6.45, 7) is 1.91. The van der Waals surface area contributed by atoms with E-state index in [1.54, 1.807) is 6.07 Å². The summed E-state index contributed by atoms with van der Waals surface area (Å²) in [7, 11) is 0. The molecule has 0 aliphatic heterocycles. The minimum atomic E-state index is -0.0666. The maximum absolute atomic E-state index is 12.2. The lowest BCUT2D eigenvalue weighted by atomic mass is 9.87. The normalized spacial score (nSPS) is 23.1. The molecular formula is C15H19Cl2NO. The van der Waals surface area contributed by atoms with Gasteiger partial charge < -0.3 is 5.32 Å². The molecule has 1 saturated carbocycles. The summed E-state index contributed by atoms with van der Waals surface area (Å²) in [5.41, 5.74) is 1.50. The van der Waals surface area contributed by atoms with Crippen LogP contribution in [0.3, 0.4) is 0 Å². The van der Waals surface area contributed by atoms with Crippen LogP contribution in [0.25, 0.3) is 0 Å². The number of nitrogens with one attached hydrogen (secondary N) is 1. The van der Waals surface area contributed by atoms with E-state index in [4.69, 9.17) is 23.2 Å². The lowest BCUT2D eigenvalue weighted by molar-refractivity contribution is 0.0923. The van der Waals surface area contributed by atoms with Crippen LogP contribution < -0.4 is 5.32 Å². The third kappa shape index (κ3) is 3.64. The van der Waals surface area contributed by atoms with Crippen LogP contribution in [-0.4, -0.2) is 17.8 Å². The van der Waals surface area contributed by atoms with Crippen LogP contribution in [0.15, 0.2) is 18.2 Å². The minimum absolute atomic E-state index is 0.0666. The van der Waals surface area contributed by atoms with Crippen LogP contribution in [0, 0.1) is 12.8 Å². The zero-order chi connectivity index (χ0) is 13.8. The highest BCUT2D eigenvalue weighted by Gasteiger charge is 2.23. The van der Waals surface area contributed by atoms with Crippen molar-refractivity contribution < 1.29 is 4.79 Å². The number of amides is 1. The molecule has 0 heterocycles. The number of benzene rings is 1. The molecule has 0 radical (unpaired) electrons. The Kier molecular flexibility index (Phi) is 5.12. The summed E-state index contributed by atoms with van der Waals surface area (Å²) in [5.74, 6) is 1.27. The lowest BCUT2D eigenvalue weighted by Crippen LogP contribution is -2.38. The van der Waals surface area contributed by atoms with E-state index >= 15 is 0 Å². The van der Waals surface area contributed by atoms with Crippen molar-refractivity contribution in [2.45, 2.75) is 38.6 Å². The summed E-state index contributed by atoms with van der Waals surface area (Å²) in [6.07, 6.45) is 4.20. The molecule has 0 aromatic heterocycles. The third-order valence-corrected chi connectivity index (χ3v) is 4.77. The highest BCUT2D eigenvalue weighted by atomic mass is 35.5. The van der Waals surface area contributed by atoms with Crippen molar-refractivity contribution in [3.05, 3.63) is 34.3 Å². The molecule has 1 amide bonds. The fourth-order valence-electron chi connectivity index (χ4n) is 2.55. The van der Waals surface area contributed by atoms with Crippen LogP contribution in [0.2, 0.25) is 5.02 Å². The molecule has 0 atom stereocenters. The number of hydrogen-bond donors (Lipinski definition) is 1. The van der Waals surface area contributed by atoms with Gasteiger partial charge in [0.2, 0.25) is 0 Å². The number of halogens is 2. The van der Waals surface area contributed by atoms with Gasteiger partial charge in [-0.05, 0) is 50.2 Å². The van der Waals surface area contributed by atoms with Gasteiger partial charge in [-0.25, -0.2) is 0 Å². The van der Waals surface area contributed by atoms with Crippen molar-refractivity contribution >= 4 is 29.1 Å². The Balaban J connectivity index is 1.96. The van der Waals surface area contributed by atoms with Crippen LogP contribution in [-0.2, 0) is 0 Å². The maximum Gasteiger partial charge on any atom is 0.253 e. The third-order valence-electron chi connectivity index (χ3n) is 3.84. The number of rotatable bonds is 3. The van der Waals surface area contributed by atoms with Gasteiger partial charge in [-0.2, -0.15) is 0 Å². The number of aryl methyl sites for hydroxylation is 1. The quantitative estimate of drug-likeness (QED) is 0.834. The molecule has 2 nitrogen and oxygen atoms in total. The van der Waals surface area contributed by atoms with Crippen molar-refractivity contribution in [3.63, 3.8) is 0 Å². The molecule has 0 saturated heterocycles. The average Bonchev–Trinajstić information content (AvgIpc) is 2.42. The molecule has 1 fully saturated rings. The SMILES string of the molecule is Cc1cccc(C(=O)NC2CCC(CCl)CC2)c1Cl. The topological polar surface area (TPSA) is 29.1 Å². The lowest BCUT2D eigenvalue weighted by Gasteiger charge is -2.28. The highest BCUT2D eigenvalue weighted by molar-refractivity contribution is 6.34. The smallest absolute Gasteiger partial charge is 0.253 e. The largest absolute Gasteiger partial charge is 0.349 e. The van der Waals surface area contributed by atoms with Gasteiger partial charge >= 0.3 is 0 Å². The van der Waals surface area contributed by atoms with E-state index < -0.39 is 0 Å². The number of carbonyl (C=O) groups is 1. The van der Waals surface area contributed by atoms with Crippen molar-refractivity contribution in [2.24, 2.45) is 5.92 Å². The molecule has 1 aromatic rings. The van der Waals surface area contributed by atoms with Crippen LogP contribution in [0.5, 0.6) is 0 Å². The molecule has 1 aromatic carbocycles. The molecule has 1 aliphatic carbocycles. The molecule has 2 rings (SSSR count). The summed E-state index contributed by atoms with van der Waals surface area (Å²) in [4.78, 5) is 12.2. The molecule has 0 bridgehead atoms. The van der Waals surface area contributed by atoms with Crippen molar-refractivity contribution in [1.82, 2.24) is 5.32 Å². The van der Waals surface area contributed by atoms with Crippen molar-refractivity contribution in [3.8, 4) is 0 Å². The molecule has 4 heteroatoms. The highest BCUT2D eigenvalue weighted by Crippen LogP contribution is 2.26. The fourth-order valence-corrected chi connectivity index (χ4v) is 3.07. The zero-order valence-corrected chi connectivity index (χ0v) is 12.6. The number of hydrogen-bond acceptors (Lipinski definition) is 1. The van der Waals surface area contributed by atoms with Crippen molar-refractivity contribution in [1.29, 1.82) is 0 Å². The first-order chi connectivity index (χ1) is 9.11. The molecular weight excluding hydrogens is 281 g/mol. The van der Waals surface area contributed by atoms with Gasteiger partial charge in [-0.1, -0.05) is 23.7 Å². The van der Waals surface area contributed by atoms with Gasteiger partial charge in [0.25, 0.3) is 5.91 Å². The van der Waals surface area contributed by atoms with Crippen LogP contribution in [0.1, 0.15) is 41.6 Å². The van der Waals surface area contributed by atoms with E-state index in [1.165, 1.54) is 0 Å². The maximum atomic E-state index is 12.2. The zero-order valence-electron chi connectivity index (χ0n) is 11.1. The first-order valence-electron chi connectivity index (χ1n) is 6.73. The summed E-state index contributed by atoms with van der Waals surface area (Å²) < 4.78 is 0. The second kappa shape index (κ2) is 6.62. The monoisotopic (exact) mass is 299 g/mol. The Morgan fingerprint density at radius 2 is 2.00 bits per heavy atom. The average molecular weight is 300 g/mol. The molecule has 19 heavy (non-hydrogen) atoms. The first-order valence-corrected chi connectivity index (χ1v) is 7.65. The standard InChI is InChI=1S/C15H19Cl2NO/c1-10-3-2-4-13(14(10)17)15(19)18-12-7-5-11(9-16)6-8-12/h2-4,11-12H,5-9H2,1H3,(H,18,19). The Bertz CT molecular complexity index is 453. The minimum Gasteiger partial charge on any atom is -0.349 e. The number of alkyl halides is 1. The summed E-state index contributed by atoms with van der Waals surface area (Å²) in [6, 6.07) is 5.80. The van der Waals surface area contributed by atoms with Gasteiger partial charge in [0.15, 0.2) is 0 Å². The Hall–Kier alpha value is -0.730. The van der Waals surface area contributed by atoms with Crippen molar-refractivity contribution in [2.75, 3.05) is 5.88 Å². The van der Waals surface area contributed by atoms with E-state index in [2.05, 4.69) is 5.32 Å². The molecule has 0 unspecified atom stereocenters. The predicted octanol–water partition coefficient (Wildman–Crippen LogP) is 4.18. The van der Waals surface area contributed by atoms with Gasteiger partial charge in [-0.15, -0.1) is 11.6 Å². The summed E-state index contributed by atoms with van der Waals surface area (Å²) in [5, 5.41) is 3.63. The Morgan fingerprint density at radius 1 is 1.32 bits per heavy atom. The van der Waals surface area contributed by atoms with E-state index in [9.17, 15) is 4.79 Å². The Morgan fingerprint density at radius 3 is 2.63 bits per heavy atom. The number of carbonyl (C=O) groups excluding carboxylic acids is 1.